The lowest BCUT2D eigenvalue weighted by molar-refractivity contribution is -0.141. The number of halogens is 5. The second kappa shape index (κ2) is 7.94. The van der Waals surface area contributed by atoms with Gasteiger partial charge in [0.05, 0.1) is 27.1 Å². The lowest BCUT2D eigenvalue weighted by Crippen LogP contribution is -2.30. The van der Waals surface area contributed by atoms with Gasteiger partial charge in [0.15, 0.2) is 5.69 Å². The van der Waals surface area contributed by atoms with Gasteiger partial charge in [-0.05, 0) is 33.1 Å². The molecule has 3 rings (SSSR count). The summed E-state index contributed by atoms with van der Waals surface area (Å²) in [4.78, 5) is 12.2. The number of carbonyl (C=O) groups is 1. The summed E-state index contributed by atoms with van der Waals surface area (Å²) in [5.41, 5.74) is 0.754. The van der Waals surface area contributed by atoms with Crippen LogP contribution in [0, 0.1) is 13.8 Å². The minimum Gasteiger partial charge on any atom is -0.354 e. The Morgan fingerprint density at radius 1 is 1.18 bits per heavy atom. The van der Waals surface area contributed by atoms with Gasteiger partial charge in [0.2, 0.25) is 5.91 Å². The van der Waals surface area contributed by atoms with Gasteiger partial charge in [0.25, 0.3) is 0 Å². The Balaban J connectivity index is 1.57. The summed E-state index contributed by atoms with van der Waals surface area (Å²) in [5.74, 6) is -0.485. The third-order valence-corrected chi connectivity index (χ3v) is 5.54. The Hall–Kier alpha value is -1.74. The third kappa shape index (κ3) is 4.46. The van der Waals surface area contributed by atoms with Crippen molar-refractivity contribution in [2.75, 3.05) is 6.54 Å². The number of alkyl halides is 3. The summed E-state index contributed by atoms with van der Waals surface area (Å²) in [6.07, 6.45) is -2.55. The summed E-state index contributed by atoms with van der Waals surface area (Å²) in [7, 11) is 0. The normalized spacial score (nSPS) is 14.5. The van der Waals surface area contributed by atoms with E-state index in [9.17, 15) is 18.0 Å². The van der Waals surface area contributed by atoms with E-state index in [2.05, 4.69) is 15.5 Å². The molecular formula is C17H20Cl2F3N5O. The number of nitrogens with one attached hydrogen (secondary N) is 1. The zero-order valence-electron chi connectivity index (χ0n) is 15.4. The summed E-state index contributed by atoms with van der Waals surface area (Å²) >= 11 is 12.0. The van der Waals surface area contributed by atoms with E-state index in [-0.39, 0.29) is 12.5 Å². The molecular weight excluding hydrogens is 418 g/mol. The molecule has 28 heavy (non-hydrogen) atoms. The van der Waals surface area contributed by atoms with Crippen LogP contribution in [-0.2, 0) is 24.1 Å². The van der Waals surface area contributed by atoms with Crippen LogP contribution < -0.4 is 5.32 Å². The molecule has 0 spiro atoms. The van der Waals surface area contributed by atoms with Gasteiger partial charge >= 0.3 is 6.18 Å². The molecule has 0 saturated heterocycles. The largest absolute Gasteiger partial charge is 0.436 e. The van der Waals surface area contributed by atoms with Crippen LogP contribution in [0.25, 0.3) is 0 Å². The predicted molar refractivity (Wildman–Crippen MR) is 98.6 cm³/mol. The summed E-state index contributed by atoms with van der Waals surface area (Å²) in [6.45, 7) is 4.30. The summed E-state index contributed by atoms with van der Waals surface area (Å²) in [6, 6.07) is 0. The van der Waals surface area contributed by atoms with Crippen molar-refractivity contribution in [3.8, 4) is 0 Å². The van der Waals surface area contributed by atoms with E-state index in [0.717, 1.165) is 28.9 Å². The topological polar surface area (TPSA) is 64.7 Å². The van der Waals surface area contributed by atoms with Crippen molar-refractivity contribution in [2.24, 2.45) is 0 Å². The molecule has 1 saturated carbocycles. The fraction of sp³-hybridized carbons (Fsp3) is 0.588. The Kier molecular flexibility index (Phi) is 5.95. The fourth-order valence-corrected chi connectivity index (χ4v) is 3.57. The van der Waals surface area contributed by atoms with Gasteiger partial charge in [-0.25, -0.2) is 0 Å². The van der Waals surface area contributed by atoms with Crippen molar-refractivity contribution in [3.63, 3.8) is 0 Å². The maximum Gasteiger partial charge on any atom is 0.436 e. The standard InChI is InChI=1S/C17H20Cl2F3N5O/c1-9-13(18)10(2)26(24-9)7-3-6-23-12(28)8-27-15(11-4-5-11)14(19)16(25-27)17(20,21)22/h11H,3-8H2,1-2H3,(H,23,28). The molecule has 1 amide bonds. The van der Waals surface area contributed by atoms with E-state index < -0.39 is 22.8 Å². The molecule has 1 fully saturated rings. The number of hydrogen-bond acceptors (Lipinski definition) is 3. The maximum atomic E-state index is 13.1. The SMILES string of the molecule is Cc1nn(CCCNC(=O)Cn2nc(C(F)(F)F)c(Cl)c2C2CC2)c(C)c1Cl. The monoisotopic (exact) mass is 437 g/mol. The average molecular weight is 438 g/mol. The van der Waals surface area contributed by atoms with Gasteiger partial charge in [0, 0.05) is 19.0 Å². The molecule has 0 aliphatic heterocycles. The van der Waals surface area contributed by atoms with Crippen LogP contribution >= 0.6 is 23.2 Å². The molecule has 0 unspecified atom stereocenters. The van der Waals surface area contributed by atoms with E-state index in [1.54, 1.807) is 4.68 Å². The molecule has 1 N–H and O–H groups in total. The molecule has 1 aliphatic rings. The zero-order chi connectivity index (χ0) is 20.6. The van der Waals surface area contributed by atoms with Crippen LogP contribution in [0.3, 0.4) is 0 Å². The van der Waals surface area contributed by atoms with Crippen LogP contribution in [0.1, 0.15) is 48.0 Å². The van der Waals surface area contributed by atoms with Crippen molar-refractivity contribution in [2.45, 2.75) is 58.3 Å². The molecule has 0 bridgehead atoms. The van der Waals surface area contributed by atoms with E-state index in [1.807, 2.05) is 13.8 Å². The predicted octanol–water partition coefficient (Wildman–Crippen LogP) is 4.11. The first-order valence-electron chi connectivity index (χ1n) is 8.89. The number of carbonyl (C=O) groups excluding carboxylic acids is 1. The molecule has 0 aromatic carbocycles. The smallest absolute Gasteiger partial charge is 0.354 e. The van der Waals surface area contributed by atoms with Crippen LogP contribution in [-0.4, -0.2) is 32.0 Å². The van der Waals surface area contributed by atoms with E-state index in [0.29, 0.717) is 30.2 Å². The number of amides is 1. The van der Waals surface area contributed by atoms with Gasteiger partial charge in [-0.3, -0.25) is 14.2 Å². The van der Waals surface area contributed by atoms with Crippen LogP contribution in [0.5, 0.6) is 0 Å². The van der Waals surface area contributed by atoms with E-state index in [1.165, 1.54) is 0 Å². The quantitative estimate of drug-likeness (QED) is 0.662. The van der Waals surface area contributed by atoms with Gasteiger partial charge in [-0.2, -0.15) is 23.4 Å². The molecule has 11 heteroatoms. The molecule has 2 aromatic rings. The summed E-state index contributed by atoms with van der Waals surface area (Å²) < 4.78 is 42.0. The molecule has 0 atom stereocenters. The molecule has 1 aliphatic carbocycles. The number of aromatic nitrogens is 4. The van der Waals surface area contributed by atoms with Crippen LogP contribution in [0.2, 0.25) is 10.0 Å². The van der Waals surface area contributed by atoms with Gasteiger partial charge in [-0.1, -0.05) is 23.2 Å². The molecule has 154 valence electrons. The van der Waals surface area contributed by atoms with Crippen molar-refractivity contribution >= 4 is 29.1 Å². The minimum absolute atomic E-state index is 0.0697. The van der Waals surface area contributed by atoms with Gasteiger partial charge in [0.1, 0.15) is 6.54 Å². The maximum absolute atomic E-state index is 13.1. The molecule has 0 radical (unpaired) electrons. The first-order valence-corrected chi connectivity index (χ1v) is 9.64. The Bertz CT molecular complexity index is 886. The van der Waals surface area contributed by atoms with Crippen LogP contribution in [0.15, 0.2) is 0 Å². The molecule has 2 aromatic heterocycles. The Labute approximate surface area is 170 Å². The van der Waals surface area contributed by atoms with Gasteiger partial charge < -0.3 is 5.32 Å². The van der Waals surface area contributed by atoms with Crippen molar-refractivity contribution in [3.05, 3.63) is 32.8 Å². The number of nitrogens with zero attached hydrogens (tertiary/aromatic N) is 4. The van der Waals surface area contributed by atoms with E-state index in [4.69, 9.17) is 23.2 Å². The fourth-order valence-electron chi connectivity index (χ4n) is 3.04. The van der Waals surface area contributed by atoms with Crippen molar-refractivity contribution in [1.82, 2.24) is 24.9 Å². The lowest BCUT2D eigenvalue weighted by atomic mass is 10.2. The molecule has 2 heterocycles. The summed E-state index contributed by atoms with van der Waals surface area (Å²) in [5, 5.41) is 10.8. The van der Waals surface area contributed by atoms with Crippen LogP contribution in [0.4, 0.5) is 13.2 Å². The third-order valence-electron chi connectivity index (χ3n) is 4.62. The van der Waals surface area contributed by atoms with Crippen molar-refractivity contribution < 1.29 is 18.0 Å². The molecule has 6 nitrogen and oxygen atoms in total. The first-order chi connectivity index (χ1) is 13.1. The lowest BCUT2D eigenvalue weighted by Gasteiger charge is -2.09. The minimum atomic E-state index is -4.65. The average Bonchev–Trinajstić information content (AvgIpc) is 3.34. The Morgan fingerprint density at radius 2 is 1.86 bits per heavy atom. The zero-order valence-corrected chi connectivity index (χ0v) is 16.9. The highest BCUT2D eigenvalue weighted by molar-refractivity contribution is 6.32. The second-order valence-electron chi connectivity index (χ2n) is 6.89. The highest BCUT2D eigenvalue weighted by Crippen LogP contribution is 2.46. The van der Waals surface area contributed by atoms with Crippen molar-refractivity contribution in [1.29, 1.82) is 0 Å². The number of hydrogen-bond donors (Lipinski definition) is 1. The Morgan fingerprint density at radius 3 is 2.39 bits per heavy atom. The number of rotatable bonds is 7. The van der Waals surface area contributed by atoms with E-state index >= 15 is 0 Å². The number of aryl methyl sites for hydroxylation is 2. The highest BCUT2D eigenvalue weighted by atomic mass is 35.5. The second-order valence-corrected chi connectivity index (χ2v) is 7.64. The first kappa shape index (κ1) is 21.0. The van der Waals surface area contributed by atoms with Gasteiger partial charge in [-0.15, -0.1) is 0 Å². The highest BCUT2D eigenvalue weighted by Gasteiger charge is 2.42.